The first-order valence-corrected chi connectivity index (χ1v) is 15.7. The van der Waals surface area contributed by atoms with Crippen molar-refractivity contribution in [1.29, 1.82) is 0 Å². The zero-order chi connectivity index (χ0) is 29.9. The maximum atomic E-state index is 13.3. The van der Waals surface area contributed by atoms with Gasteiger partial charge in [-0.3, -0.25) is 19.3 Å². The number of rotatable bonds is 15. The molecule has 2 aromatic carbocycles. The van der Waals surface area contributed by atoms with Crippen LogP contribution in [-0.4, -0.2) is 90.9 Å². The maximum absolute atomic E-state index is 13.3. The van der Waals surface area contributed by atoms with Crippen LogP contribution in [0.3, 0.4) is 0 Å². The van der Waals surface area contributed by atoms with Gasteiger partial charge in [0.1, 0.15) is 12.1 Å². The fraction of sp³-hybridized carbons (Fsp3) is 0.548. The fourth-order valence-electron chi connectivity index (χ4n) is 5.25. The molecule has 1 saturated heterocycles. The molecule has 0 bridgehead atoms. The van der Waals surface area contributed by atoms with Gasteiger partial charge in [-0.15, -0.1) is 0 Å². The quantitative estimate of drug-likeness (QED) is 0.310. The van der Waals surface area contributed by atoms with E-state index >= 15 is 0 Å². The largest absolute Gasteiger partial charge is 0.467 e. The second-order valence-corrected chi connectivity index (χ2v) is 11.8. The van der Waals surface area contributed by atoms with Crippen LogP contribution in [0.5, 0.6) is 0 Å². The summed E-state index contributed by atoms with van der Waals surface area (Å²) in [7, 11) is 2.99. The van der Waals surface area contributed by atoms with Crippen LogP contribution in [-0.2, 0) is 30.5 Å². The van der Waals surface area contributed by atoms with E-state index in [1.807, 2.05) is 29.4 Å². The summed E-state index contributed by atoms with van der Waals surface area (Å²) < 4.78 is 4.93. The van der Waals surface area contributed by atoms with Gasteiger partial charge in [-0.2, -0.15) is 11.8 Å². The minimum atomic E-state index is -0.722. The van der Waals surface area contributed by atoms with Crippen molar-refractivity contribution >= 4 is 46.2 Å². The van der Waals surface area contributed by atoms with Gasteiger partial charge in [0.25, 0.3) is 0 Å². The molecule has 2 aromatic rings. The number of benzene rings is 2. The van der Waals surface area contributed by atoms with Crippen LogP contribution >= 0.6 is 11.8 Å². The normalized spacial score (nSPS) is 17.4. The standard InChI is InChI=1S/C31H44N4O5S/c1-6-21(2)26(33-30(38)27-14-15-29(37)34(27)3)19-35(18-23-12-9-11-22-10-7-8-13-24(22)23)20-28(36)32-25(16-17-41-5)31(39)40-4/h7-13,21,25-27H,6,14-20H2,1-5H3,(H,32,36)(H,33,38)/t21-,25-,26+,27-/m0/s1. The predicted octanol–water partition coefficient (Wildman–Crippen LogP) is 3.20. The third-order valence-corrected chi connectivity index (χ3v) is 8.63. The van der Waals surface area contributed by atoms with Crippen LogP contribution in [0.15, 0.2) is 42.5 Å². The lowest BCUT2D eigenvalue weighted by Crippen LogP contribution is -2.53. The van der Waals surface area contributed by atoms with Gasteiger partial charge in [-0.25, -0.2) is 4.79 Å². The average Bonchev–Trinajstić information content (AvgIpc) is 3.31. The summed E-state index contributed by atoms with van der Waals surface area (Å²) >= 11 is 1.60. The van der Waals surface area contributed by atoms with Gasteiger partial charge in [0.15, 0.2) is 0 Å². The molecule has 1 fully saturated rings. The Bertz CT molecular complexity index is 1200. The third-order valence-electron chi connectivity index (χ3n) is 7.98. The molecule has 0 saturated carbocycles. The number of carbonyl (C=O) groups is 4. The second-order valence-electron chi connectivity index (χ2n) is 10.8. The molecule has 3 rings (SSSR count). The first kappa shape index (κ1) is 32.4. The van der Waals surface area contributed by atoms with E-state index in [1.54, 1.807) is 18.8 Å². The monoisotopic (exact) mass is 584 g/mol. The first-order valence-electron chi connectivity index (χ1n) is 14.3. The Balaban J connectivity index is 1.85. The summed E-state index contributed by atoms with van der Waals surface area (Å²) in [5, 5.41) is 8.28. The number of amides is 3. The number of esters is 1. The number of ether oxygens (including phenoxy) is 1. The van der Waals surface area contributed by atoms with E-state index in [0.29, 0.717) is 38.1 Å². The summed E-state index contributed by atoms with van der Waals surface area (Å²) in [6.07, 6.45) is 4.12. The molecular formula is C31H44N4O5S. The Labute approximate surface area is 247 Å². The molecule has 2 N–H and O–H groups in total. The Morgan fingerprint density at radius 3 is 2.54 bits per heavy atom. The molecule has 10 heteroatoms. The van der Waals surface area contributed by atoms with Crippen molar-refractivity contribution < 1.29 is 23.9 Å². The summed E-state index contributed by atoms with van der Waals surface area (Å²) in [6, 6.07) is 12.8. The minimum absolute atomic E-state index is 0.0267. The number of fused-ring (bicyclic) bond motifs is 1. The highest BCUT2D eigenvalue weighted by Gasteiger charge is 2.35. The van der Waals surface area contributed by atoms with Crippen LogP contribution in [0.25, 0.3) is 10.8 Å². The molecule has 1 aliphatic rings. The molecule has 1 aliphatic heterocycles. The highest BCUT2D eigenvalue weighted by atomic mass is 32.2. The number of nitrogens with one attached hydrogen (secondary N) is 2. The Morgan fingerprint density at radius 2 is 1.88 bits per heavy atom. The lowest BCUT2D eigenvalue weighted by Gasteiger charge is -2.33. The number of carbonyl (C=O) groups excluding carboxylic acids is 4. The number of nitrogens with zero attached hydrogens (tertiary/aromatic N) is 2. The summed E-state index contributed by atoms with van der Waals surface area (Å²) in [5.74, 6) is -0.101. The summed E-state index contributed by atoms with van der Waals surface area (Å²) in [4.78, 5) is 54.5. The highest BCUT2D eigenvalue weighted by Crippen LogP contribution is 2.22. The number of methoxy groups -OCH3 is 1. The van der Waals surface area contributed by atoms with Crippen molar-refractivity contribution in [2.24, 2.45) is 5.92 Å². The molecule has 41 heavy (non-hydrogen) atoms. The van der Waals surface area contributed by atoms with Crippen molar-refractivity contribution in [1.82, 2.24) is 20.4 Å². The summed E-state index contributed by atoms with van der Waals surface area (Å²) in [6.45, 7) is 5.10. The van der Waals surface area contributed by atoms with Gasteiger partial charge in [-0.1, -0.05) is 62.7 Å². The van der Waals surface area contributed by atoms with Crippen molar-refractivity contribution in [2.45, 2.75) is 64.2 Å². The van der Waals surface area contributed by atoms with E-state index in [2.05, 4.69) is 48.7 Å². The second kappa shape index (κ2) is 15.8. The van der Waals surface area contributed by atoms with E-state index in [1.165, 1.54) is 12.0 Å². The third kappa shape index (κ3) is 8.94. The molecule has 0 aliphatic carbocycles. The molecule has 4 atom stereocenters. The minimum Gasteiger partial charge on any atom is -0.467 e. The molecule has 9 nitrogen and oxygen atoms in total. The first-order chi connectivity index (χ1) is 19.7. The number of likely N-dealkylation sites (N-methyl/N-ethyl adjacent to an activating group) is 1. The SMILES string of the molecule is CC[C@H](C)[C@@H](CN(CC(=O)N[C@@H](CCSC)C(=O)OC)Cc1cccc2ccccc12)NC(=O)[C@@H]1CCC(=O)N1C. The Kier molecular flexibility index (Phi) is 12.5. The van der Waals surface area contributed by atoms with E-state index in [0.717, 1.165) is 22.8 Å². The zero-order valence-electron chi connectivity index (χ0n) is 24.9. The lowest BCUT2D eigenvalue weighted by atomic mass is 9.97. The van der Waals surface area contributed by atoms with E-state index in [4.69, 9.17) is 4.74 Å². The molecule has 0 unspecified atom stereocenters. The van der Waals surface area contributed by atoms with Crippen molar-refractivity contribution in [3.63, 3.8) is 0 Å². The molecule has 0 spiro atoms. The van der Waals surface area contributed by atoms with Gasteiger partial charge in [0.2, 0.25) is 17.7 Å². The van der Waals surface area contributed by atoms with Crippen LogP contribution in [0.2, 0.25) is 0 Å². The number of thioether (sulfide) groups is 1. The van der Waals surface area contributed by atoms with E-state index in [-0.39, 0.29) is 36.2 Å². The van der Waals surface area contributed by atoms with Crippen LogP contribution < -0.4 is 10.6 Å². The van der Waals surface area contributed by atoms with Crippen LogP contribution in [0.4, 0.5) is 0 Å². The molecule has 0 radical (unpaired) electrons. The topological polar surface area (TPSA) is 108 Å². The number of hydrogen-bond donors (Lipinski definition) is 2. The zero-order valence-corrected chi connectivity index (χ0v) is 25.7. The number of likely N-dealkylation sites (tertiary alicyclic amines) is 1. The van der Waals surface area contributed by atoms with Crippen LogP contribution in [0, 0.1) is 5.92 Å². The van der Waals surface area contributed by atoms with Crippen molar-refractivity contribution in [3.8, 4) is 0 Å². The molecular weight excluding hydrogens is 540 g/mol. The maximum Gasteiger partial charge on any atom is 0.328 e. The fourth-order valence-corrected chi connectivity index (χ4v) is 5.72. The van der Waals surface area contributed by atoms with Gasteiger partial charge < -0.3 is 20.3 Å². The average molecular weight is 585 g/mol. The summed E-state index contributed by atoms with van der Waals surface area (Å²) in [5.41, 5.74) is 1.07. The smallest absolute Gasteiger partial charge is 0.328 e. The van der Waals surface area contributed by atoms with E-state index < -0.39 is 18.1 Å². The van der Waals surface area contributed by atoms with Gasteiger partial charge >= 0.3 is 5.97 Å². The van der Waals surface area contributed by atoms with E-state index in [9.17, 15) is 19.2 Å². The Hall–Kier alpha value is -3.11. The van der Waals surface area contributed by atoms with Crippen molar-refractivity contribution in [3.05, 3.63) is 48.0 Å². The predicted molar refractivity (Wildman–Crippen MR) is 163 cm³/mol. The molecule has 3 amide bonds. The van der Waals surface area contributed by atoms with Gasteiger partial charge in [0, 0.05) is 32.6 Å². The molecule has 0 aromatic heterocycles. The highest BCUT2D eigenvalue weighted by molar-refractivity contribution is 7.98. The van der Waals surface area contributed by atoms with Crippen LogP contribution in [0.1, 0.15) is 45.1 Å². The lowest BCUT2D eigenvalue weighted by molar-refractivity contribution is -0.145. The number of hydrogen-bond acceptors (Lipinski definition) is 7. The van der Waals surface area contributed by atoms with Gasteiger partial charge in [0.05, 0.1) is 13.7 Å². The molecule has 224 valence electrons. The Morgan fingerprint density at radius 1 is 1.15 bits per heavy atom. The van der Waals surface area contributed by atoms with Gasteiger partial charge in [-0.05, 0) is 47.1 Å². The van der Waals surface area contributed by atoms with Crippen molar-refractivity contribution in [2.75, 3.05) is 39.3 Å². The molecule has 1 heterocycles.